The molecular weight excluding hydrogens is 249 g/mol. The maximum atomic E-state index is 12.9. The van der Waals surface area contributed by atoms with Gasteiger partial charge < -0.3 is 5.32 Å². The Hall–Kier alpha value is -0.600. The number of benzene rings is 1. The minimum atomic E-state index is -0.267. The van der Waals surface area contributed by atoms with Gasteiger partial charge in [-0.1, -0.05) is 24.1 Å². The molecule has 0 spiro atoms. The van der Waals surface area contributed by atoms with Crippen LogP contribution in [0.3, 0.4) is 0 Å². The van der Waals surface area contributed by atoms with E-state index in [0.717, 1.165) is 36.4 Å². The fraction of sp³-hybridized carbons (Fsp3) is 0.600. The first-order chi connectivity index (χ1) is 8.72. The highest BCUT2D eigenvalue weighted by Crippen LogP contribution is 2.47. The minimum absolute atomic E-state index is 0.267. The fourth-order valence-electron chi connectivity index (χ4n) is 3.68. The van der Waals surface area contributed by atoms with E-state index in [1.54, 1.807) is 6.07 Å². The topological polar surface area (TPSA) is 12.0 Å². The lowest BCUT2D eigenvalue weighted by molar-refractivity contribution is 0.318. The van der Waals surface area contributed by atoms with Crippen molar-refractivity contribution in [3.05, 3.63) is 34.6 Å². The standard InChI is InChI=1S/C15H19ClFN/c16-15-7-14(17)4-3-12(15)8-18-9-13-6-10-1-2-11(13)5-10/h3-4,7,10-11,13,18H,1-2,5-6,8-9H2. The Labute approximate surface area is 113 Å². The third-order valence-electron chi connectivity index (χ3n) is 4.62. The van der Waals surface area contributed by atoms with Gasteiger partial charge in [0.1, 0.15) is 5.82 Å². The normalized spacial score (nSPS) is 30.0. The molecule has 3 heteroatoms. The van der Waals surface area contributed by atoms with E-state index in [4.69, 9.17) is 11.6 Å². The van der Waals surface area contributed by atoms with E-state index in [9.17, 15) is 4.39 Å². The average Bonchev–Trinajstić information content (AvgIpc) is 2.94. The van der Waals surface area contributed by atoms with Crippen LogP contribution in [0.1, 0.15) is 31.2 Å². The van der Waals surface area contributed by atoms with Crippen LogP contribution in [0, 0.1) is 23.6 Å². The molecule has 1 N–H and O–H groups in total. The van der Waals surface area contributed by atoms with Crippen molar-refractivity contribution < 1.29 is 4.39 Å². The van der Waals surface area contributed by atoms with Gasteiger partial charge in [0.05, 0.1) is 0 Å². The Morgan fingerprint density at radius 2 is 2.17 bits per heavy atom. The van der Waals surface area contributed by atoms with E-state index >= 15 is 0 Å². The van der Waals surface area contributed by atoms with Crippen molar-refractivity contribution in [1.29, 1.82) is 0 Å². The number of hydrogen-bond donors (Lipinski definition) is 1. The summed E-state index contributed by atoms with van der Waals surface area (Å²) in [7, 11) is 0. The molecule has 0 aliphatic heterocycles. The van der Waals surface area contributed by atoms with E-state index in [1.807, 2.05) is 0 Å². The number of rotatable bonds is 4. The van der Waals surface area contributed by atoms with Crippen LogP contribution >= 0.6 is 11.6 Å². The number of halogens is 2. The van der Waals surface area contributed by atoms with Gasteiger partial charge in [-0.25, -0.2) is 4.39 Å². The van der Waals surface area contributed by atoms with Crippen LogP contribution in [-0.2, 0) is 6.54 Å². The molecule has 1 aromatic rings. The Bertz CT molecular complexity index is 435. The summed E-state index contributed by atoms with van der Waals surface area (Å²) < 4.78 is 12.9. The van der Waals surface area contributed by atoms with Gasteiger partial charge in [-0.2, -0.15) is 0 Å². The van der Waals surface area contributed by atoms with Gasteiger partial charge in [0, 0.05) is 11.6 Å². The first kappa shape index (κ1) is 12.4. The molecule has 2 bridgehead atoms. The van der Waals surface area contributed by atoms with E-state index < -0.39 is 0 Å². The molecule has 98 valence electrons. The molecule has 2 aliphatic rings. The maximum Gasteiger partial charge on any atom is 0.124 e. The van der Waals surface area contributed by atoms with Crippen molar-refractivity contribution in [2.45, 2.75) is 32.2 Å². The molecule has 0 aromatic heterocycles. The maximum absolute atomic E-state index is 12.9. The molecule has 3 atom stereocenters. The van der Waals surface area contributed by atoms with Crippen molar-refractivity contribution in [1.82, 2.24) is 5.32 Å². The van der Waals surface area contributed by atoms with Crippen LogP contribution in [0.15, 0.2) is 18.2 Å². The Morgan fingerprint density at radius 1 is 1.28 bits per heavy atom. The Kier molecular flexibility index (Phi) is 3.58. The molecule has 2 aliphatic carbocycles. The molecule has 1 aromatic carbocycles. The first-order valence-corrected chi connectivity index (χ1v) is 7.25. The van der Waals surface area contributed by atoms with Gasteiger partial charge in [-0.15, -0.1) is 0 Å². The summed E-state index contributed by atoms with van der Waals surface area (Å²) in [5, 5.41) is 4.01. The number of nitrogens with one attached hydrogen (secondary N) is 1. The lowest BCUT2D eigenvalue weighted by Crippen LogP contribution is -2.26. The molecule has 0 radical (unpaired) electrons. The molecule has 0 saturated heterocycles. The molecule has 3 unspecified atom stereocenters. The average molecular weight is 268 g/mol. The zero-order valence-electron chi connectivity index (χ0n) is 10.5. The van der Waals surface area contributed by atoms with Crippen molar-refractivity contribution in [2.75, 3.05) is 6.54 Å². The third kappa shape index (κ3) is 2.55. The smallest absolute Gasteiger partial charge is 0.124 e. The van der Waals surface area contributed by atoms with E-state index in [1.165, 1.54) is 37.8 Å². The lowest BCUT2D eigenvalue weighted by atomic mass is 9.89. The molecule has 2 saturated carbocycles. The quantitative estimate of drug-likeness (QED) is 0.869. The molecule has 0 amide bonds. The largest absolute Gasteiger partial charge is 0.312 e. The molecule has 2 fully saturated rings. The summed E-state index contributed by atoms with van der Waals surface area (Å²) in [6, 6.07) is 4.63. The Balaban J connectivity index is 1.50. The second-order valence-corrected chi connectivity index (χ2v) is 6.21. The van der Waals surface area contributed by atoms with Gasteiger partial charge in [-0.05, 0) is 61.3 Å². The van der Waals surface area contributed by atoms with Crippen LogP contribution in [0.4, 0.5) is 4.39 Å². The second-order valence-electron chi connectivity index (χ2n) is 5.80. The van der Waals surface area contributed by atoms with Crippen LogP contribution in [0.2, 0.25) is 5.02 Å². The highest BCUT2D eigenvalue weighted by molar-refractivity contribution is 6.31. The predicted octanol–water partition coefficient (Wildman–Crippen LogP) is 4.00. The van der Waals surface area contributed by atoms with Crippen LogP contribution in [0.5, 0.6) is 0 Å². The summed E-state index contributed by atoms with van der Waals surface area (Å²) in [5.74, 6) is 2.53. The first-order valence-electron chi connectivity index (χ1n) is 6.87. The lowest BCUT2D eigenvalue weighted by Gasteiger charge is -2.22. The second kappa shape index (κ2) is 5.18. The van der Waals surface area contributed by atoms with E-state index in [2.05, 4.69) is 5.32 Å². The van der Waals surface area contributed by atoms with Crippen molar-refractivity contribution in [3.8, 4) is 0 Å². The van der Waals surface area contributed by atoms with Crippen molar-refractivity contribution >= 4 is 11.6 Å². The van der Waals surface area contributed by atoms with Gasteiger partial charge in [0.25, 0.3) is 0 Å². The third-order valence-corrected chi connectivity index (χ3v) is 4.97. The SMILES string of the molecule is Fc1ccc(CNCC2CC3CCC2C3)c(Cl)c1. The van der Waals surface area contributed by atoms with Gasteiger partial charge >= 0.3 is 0 Å². The van der Waals surface area contributed by atoms with E-state index in [-0.39, 0.29) is 5.82 Å². The molecule has 0 heterocycles. The highest BCUT2D eigenvalue weighted by Gasteiger charge is 2.38. The zero-order valence-corrected chi connectivity index (χ0v) is 11.2. The minimum Gasteiger partial charge on any atom is -0.312 e. The van der Waals surface area contributed by atoms with Gasteiger partial charge in [0.2, 0.25) is 0 Å². The fourth-order valence-corrected chi connectivity index (χ4v) is 3.92. The summed E-state index contributed by atoms with van der Waals surface area (Å²) in [5.41, 5.74) is 0.987. The van der Waals surface area contributed by atoms with Gasteiger partial charge in [0.15, 0.2) is 0 Å². The molecule has 18 heavy (non-hydrogen) atoms. The predicted molar refractivity (Wildman–Crippen MR) is 72.1 cm³/mol. The number of fused-ring (bicyclic) bond motifs is 2. The van der Waals surface area contributed by atoms with Crippen LogP contribution in [0.25, 0.3) is 0 Å². The molecular formula is C15H19ClFN. The van der Waals surface area contributed by atoms with E-state index in [0.29, 0.717) is 5.02 Å². The van der Waals surface area contributed by atoms with Crippen molar-refractivity contribution in [2.24, 2.45) is 17.8 Å². The molecule has 1 nitrogen and oxygen atoms in total. The monoisotopic (exact) mass is 267 g/mol. The Morgan fingerprint density at radius 3 is 2.83 bits per heavy atom. The summed E-state index contributed by atoms with van der Waals surface area (Å²) in [6.45, 7) is 1.82. The zero-order chi connectivity index (χ0) is 12.5. The van der Waals surface area contributed by atoms with Crippen LogP contribution < -0.4 is 5.32 Å². The van der Waals surface area contributed by atoms with Crippen molar-refractivity contribution in [3.63, 3.8) is 0 Å². The summed E-state index contributed by atoms with van der Waals surface area (Å²) >= 11 is 6.01. The van der Waals surface area contributed by atoms with Crippen LogP contribution in [-0.4, -0.2) is 6.54 Å². The summed E-state index contributed by atoms with van der Waals surface area (Å²) in [6.07, 6.45) is 5.72. The summed E-state index contributed by atoms with van der Waals surface area (Å²) in [4.78, 5) is 0. The highest BCUT2D eigenvalue weighted by atomic mass is 35.5. The van der Waals surface area contributed by atoms with Gasteiger partial charge in [-0.3, -0.25) is 0 Å². The molecule has 3 rings (SSSR count). The number of hydrogen-bond acceptors (Lipinski definition) is 1.